The van der Waals surface area contributed by atoms with Gasteiger partial charge in [-0.25, -0.2) is 4.98 Å². The van der Waals surface area contributed by atoms with Crippen molar-refractivity contribution in [2.24, 2.45) is 0 Å². The van der Waals surface area contributed by atoms with E-state index in [2.05, 4.69) is 23.1 Å². The summed E-state index contributed by atoms with van der Waals surface area (Å²) in [6, 6.07) is 20.2. The zero-order valence-corrected chi connectivity index (χ0v) is 14.5. The second kappa shape index (κ2) is 7.06. The maximum absolute atomic E-state index is 9.03. The SMILES string of the molecule is N#Cc1ccc(-c2sc(N3CCOCC3)nc2-c2ccccc2)cc1. The molecule has 0 radical (unpaired) electrons. The molecule has 0 bridgehead atoms. The van der Waals surface area contributed by atoms with Crippen LogP contribution in [0.4, 0.5) is 5.13 Å². The van der Waals surface area contributed by atoms with Crippen molar-refractivity contribution in [2.75, 3.05) is 31.2 Å². The largest absolute Gasteiger partial charge is 0.378 e. The minimum absolute atomic E-state index is 0.669. The molecule has 0 aliphatic carbocycles. The number of morpholine rings is 1. The molecule has 0 saturated carbocycles. The quantitative estimate of drug-likeness (QED) is 0.713. The second-order valence-electron chi connectivity index (χ2n) is 5.83. The van der Waals surface area contributed by atoms with E-state index in [1.807, 2.05) is 42.5 Å². The summed E-state index contributed by atoms with van der Waals surface area (Å²) in [5.41, 5.74) is 3.87. The van der Waals surface area contributed by atoms with Crippen LogP contribution in [-0.4, -0.2) is 31.3 Å². The summed E-state index contributed by atoms with van der Waals surface area (Å²) in [7, 11) is 0. The molecule has 0 spiro atoms. The van der Waals surface area contributed by atoms with Crippen molar-refractivity contribution in [3.05, 3.63) is 60.2 Å². The average molecular weight is 347 g/mol. The van der Waals surface area contributed by atoms with Crippen LogP contribution in [0.1, 0.15) is 5.56 Å². The summed E-state index contributed by atoms with van der Waals surface area (Å²) < 4.78 is 5.46. The van der Waals surface area contributed by atoms with E-state index in [1.54, 1.807) is 11.3 Å². The number of nitriles is 1. The van der Waals surface area contributed by atoms with Gasteiger partial charge in [-0.05, 0) is 17.7 Å². The van der Waals surface area contributed by atoms with Gasteiger partial charge in [-0.3, -0.25) is 0 Å². The highest BCUT2D eigenvalue weighted by molar-refractivity contribution is 7.19. The molecule has 0 atom stereocenters. The fraction of sp³-hybridized carbons (Fsp3) is 0.200. The third-order valence-electron chi connectivity index (χ3n) is 4.22. The summed E-state index contributed by atoms with van der Waals surface area (Å²) in [4.78, 5) is 8.37. The Kier molecular flexibility index (Phi) is 4.47. The number of thiazole rings is 1. The molecule has 0 amide bonds. The van der Waals surface area contributed by atoms with Gasteiger partial charge < -0.3 is 9.64 Å². The number of nitrogens with zero attached hydrogens (tertiary/aromatic N) is 3. The summed E-state index contributed by atoms with van der Waals surface area (Å²) in [5.74, 6) is 0. The van der Waals surface area contributed by atoms with Crippen LogP contribution in [0, 0.1) is 11.3 Å². The lowest BCUT2D eigenvalue weighted by atomic mass is 10.1. The molecule has 1 aliphatic rings. The predicted octanol–water partition coefficient (Wildman–Crippen LogP) is 4.19. The van der Waals surface area contributed by atoms with Gasteiger partial charge in [0.2, 0.25) is 0 Å². The molecule has 1 fully saturated rings. The Morgan fingerprint density at radius 3 is 2.36 bits per heavy atom. The molecule has 1 aliphatic heterocycles. The van der Waals surface area contributed by atoms with Gasteiger partial charge in [-0.1, -0.05) is 53.8 Å². The summed E-state index contributed by atoms with van der Waals surface area (Å²) in [6.07, 6.45) is 0. The molecule has 1 saturated heterocycles. The van der Waals surface area contributed by atoms with Gasteiger partial charge in [0.1, 0.15) is 0 Å². The first kappa shape index (κ1) is 15.8. The molecular formula is C20H17N3OS. The summed E-state index contributed by atoms with van der Waals surface area (Å²) in [5, 5.41) is 10.1. The first-order valence-corrected chi connectivity index (χ1v) is 9.06. The molecule has 124 valence electrons. The molecule has 2 heterocycles. The molecule has 0 unspecified atom stereocenters. The van der Waals surface area contributed by atoms with Crippen LogP contribution in [0.2, 0.25) is 0 Å². The molecule has 4 nitrogen and oxygen atoms in total. The zero-order valence-electron chi connectivity index (χ0n) is 13.7. The van der Waals surface area contributed by atoms with Gasteiger partial charge in [0.05, 0.1) is 35.4 Å². The molecule has 4 rings (SSSR count). The molecule has 25 heavy (non-hydrogen) atoms. The average Bonchev–Trinajstić information content (AvgIpc) is 3.15. The zero-order chi connectivity index (χ0) is 17.1. The topological polar surface area (TPSA) is 49.2 Å². The lowest BCUT2D eigenvalue weighted by Crippen LogP contribution is -2.36. The van der Waals surface area contributed by atoms with Gasteiger partial charge in [0.15, 0.2) is 5.13 Å². The summed E-state index contributed by atoms with van der Waals surface area (Å²) in [6.45, 7) is 3.22. The summed E-state index contributed by atoms with van der Waals surface area (Å²) >= 11 is 1.70. The van der Waals surface area contributed by atoms with E-state index in [4.69, 9.17) is 15.0 Å². The number of hydrogen-bond acceptors (Lipinski definition) is 5. The van der Waals surface area contributed by atoms with E-state index in [1.165, 1.54) is 0 Å². The Morgan fingerprint density at radius 1 is 0.960 bits per heavy atom. The fourth-order valence-electron chi connectivity index (χ4n) is 2.88. The molecular weight excluding hydrogens is 330 g/mol. The Bertz CT molecular complexity index is 891. The first-order chi connectivity index (χ1) is 12.3. The third kappa shape index (κ3) is 3.27. The molecule has 5 heteroatoms. The van der Waals surface area contributed by atoms with Crippen LogP contribution < -0.4 is 4.90 Å². The van der Waals surface area contributed by atoms with E-state index < -0.39 is 0 Å². The maximum atomic E-state index is 9.03. The van der Waals surface area contributed by atoms with Crippen LogP contribution in [0.5, 0.6) is 0 Å². The van der Waals surface area contributed by atoms with Gasteiger partial charge in [0.25, 0.3) is 0 Å². The lowest BCUT2D eigenvalue weighted by Gasteiger charge is -2.26. The fourth-order valence-corrected chi connectivity index (χ4v) is 4.03. The maximum Gasteiger partial charge on any atom is 0.186 e. The minimum Gasteiger partial charge on any atom is -0.378 e. The Morgan fingerprint density at radius 2 is 1.68 bits per heavy atom. The molecule has 2 aromatic carbocycles. The van der Waals surface area contributed by atoms with E-state index in [0.717, 1.165) is 53.1 Å². The van der Waals surface area contributed by atoms with Crippen LogP contribution >= 0.6 is 11.3 Å². The Labute approximate surface area is 150 Å². The number of anilines is 1. The number of aromatic nitrogens is 1. The van der Waals surface area contributed by atoms with Gasteiger partial charge in [-0.15, -0.1) is 0 Å². The van der Waals surface area contributed by atoms with Crippen molar-refractivity contribution in [3.8, 4) is 27.8 Å². The Hall–Kier alpha value is -2.68. The third-order valence-corrected chi connectivity index (χ3v) is 5.39. The van der Waals surface area contributed by atoms with E-state index in [0.29, 0.717) is 5.56 Å². The molecule has 0 N–H and O–H groups in total. The van der Waals surface area contributed by atoms with E-state index in [-0.39, 0.29) is 0 Å². The molecule has 3 aromatic rings. The second-order valence-corrected chi connectivity index (χ2v) is 6.81. The molecule has 1 aromatic heterocycles. The van der Waals surface area contributed by atoms with Crippen molar-refractivity contribution in [1.29, 1.82) is 5.26 Å². The monoisotopic (exact) mass is 347 g/mol. The standard InChI is InChI=1S/C20H17N3OS/c21-14-15-6-8-17(9-7-15)19-18(16-4-2-1-3-5-16)22-20(25-19)23-10-12-24-13-11-23/h1-9H,10-13H2. The van der Waals surface area contributed by atoms with Crippen molar-refractivity contribution >= 4 is 16.5 Å². The van der Waals surface area contributed by atoms with Crippen LogP contribution in [0.15, 0.2) is 54.6 Å². The van der Waals surface area contributed by atoms with Gasteiger partial charge in [0, 0.05) is 18.7 Å². The van der Waals surface area contributed by atoms with Gasteiger partial charge in [-0.2, -0.15) is 5.26 Å². The van der Waals surface area contributed by atoms with Crippen molar-refractivity contribution in [2.45, 2.75) is 0 Å². The highest BCUT2D eigenvalue weighted by Crippen LogP contribution is 2.40. The highest BCUT2D eigenvalue weighted by Gasteiger charge is 2.20. The van der Waals surface area contributed by atoms with Gasteiger partial charge >= 0.3 is 0 Å². The smallest absolute Gasteiger partial charge is 0.186 e. The van der Waals surface area contributed by atoms with Crippen molar-refractivity contribution in [3.63, 3.8) is 0 Å². The van der Waals surface area contributed by atoms with E-state index in [9.17, 15) is 0 Å². The highest BCUT2D eigenvalue weighted by atomic mass is 32.1. The number of rotatable bonds is 3. The number of ether oxygens (including phenoxy) is 1. The normalized spacial score (nSPS) is 14.3. The van der Waals surface area contributed by atoms with Crippen LogP contribution in [0.25, 0.3) is 21.7 Å². The predicted molar refractivity (Wildman–Crippen MR) is 101 cm³/mol. The number of benzene rings is 2. The Balaban J connectivity index is 1.80. The van der Waals surface area contributed by atoms with E-state index >= 15 is 0 Å². The lowest BCUT2D eigenvalue weighted by molar-refractivity contribution is 0.122. The van der Waals surface area contributed by atoms with Crippen molar-refractivity contribution < 1.29 is 4.74 Å². The number of hydrogen-bond donors (Lipinski definition) is 0. The van der Waals surface area contributed by atoms with Crippen LogP contribution in [0.3, 0.4) is 0 Å². The van der Waals surface area contributed by atoms with Crippen LogP contribution in [-0.2, 0) is 4.74 Å². The first-order valence-electron chi connectivity index (χ1n) is 8.24. The van der Waals surface area contributed by atoms with Crippen molar-refractivity contribution in [1.82, 2.24) is 4.98 Å². The minimum atomic E-state index is 0.669.